The lowest BCUT2D eigenvalue weighted by molar-refractivity contribution is -0.138. The lowest BCUT2D eigenvalue weighted by Gasteiger charge is -2.56. The van der Waals surface area contributed by atoms with Crippen LogP contribution in [0.1, 0.15) is 38.5 Å². The lowest BCUT2D eigenvalue weighted by Crippen LogP contribution is -2.56. The van der Waals surface area contributed by atoms with Crippen molar-refractivity contribution in [2.24, 2.45) is 29.4 Å². The van der Waals surface area contributed by atoms with E-state index in [1.54, 1.807) is 0 Å². The number of nitrogens with two attached hydrogens (primary N) is 1. The first-order chi connectivity index (χ1) is 8.20. The molecular weight excluding hydrogens is 212 g/mol. The van der Waals surface area contributed by atoms with Crippen LogP contribution in [-0.4, -0.2) is 29.4 Å². The highest BCUT2D eigenvalue weighted by molar-refractivity contribution is 5.79. The summed E-state index contributed by atoms with van der Waals surface area (Å²) in [4.78, 5) is 14.2. The second-order valence-corrected chi connectivity index (χ2v) is 6.93. The molecule has 94 valence electrons. The van der Waals surface area contributed by atoms with E-state index in [4.69, 9.17) is 5.73 Å². The Bertz CT molecular complexity index is 326. The van der Waals surface area contributed by atoms with Crippen LogP contribution in [0.5, 0.6) is 0 Å². The van der Waals surface area contributed by atoms with Crippen molar-refractivity contribution >= 4 is 5.91 Å². The number of carbonyl (C=O) groups is 1. The summed E-state index contributed by atoms with van der Waals surface area (Å²) in [5.41, 5.74) is 5.95. The van der Waals surface area contributed by atoms with Crippen LogP contribution in [0.25, 0.3) is 0 Å². The van der Waals surface area contributed by atoms with Crippen LogP contribution in [-0.2, 0) is 4.79 Å². The van der Waals surface area contributed by atoms with Gasteiger partial charge in [-0.05, 0) is 55.8 Å². The number of hydrogen-bond donors (Lipinski definition) is 1. The molecule has 1 atom stereocenters. The van der Waals surface area contributed by atoms with Gasteiger partial charge in [0.15, 0.2) is 0 Å². The van der Waals surface area contributed by atoms with Gasteiger partial charge in [0.25, 0.3) is 0 Å². The van der Waals surface area contributed by atoms with Crippen molar-refractivity contribution in [3.63, 3.8) is 0 Å². The fourth-order valence-corrected chi connectivity index (χ4v) is 5.45. The van der Waals surface area contributed by atoms with Crippen molar-refractivity contribution in [3.05, 3.63) is 0 Å². The molecule has 0 aromatic rings. The maximum Gasteiger partial charge on any atom is 0.224 e. The van der Waals surface area contributed by atoms with Gasteiger partial charge in [0.05, 0.1) is 0 Å². The fraction of sp³-hybridized carbons (Fsp3) is 0.929. The molecule has 0 aromatic heterocycles. The summed E-state index contributed by atoms with van der Waals surface area (Å²) in [5, 5.41) is 0. The van der Waals surface area contributed by atoms with E-state index < -0.39 is 0 Å². The minimum absolute atomic E-state index is 0.0969. The standard InChI is InChI=1S/C14H22N2O/c15-12-6-13(17)16(7-12)14-10-2-8-1-9(4-10)5-11(14)3-8/h8-12,14H,1-7,15H2. The summed E-state index contributed by atoms with van der Waals surface area (Å²) in [6.45, 7) is 0.825. The molecule has 5 aliphatic rings. The van der Waals surface area contributed by atoms with Gasteiger partial charge in [-0.1, -0.05) is 0 Å². The fourth-order valence-electron chi connectivity index (χ4n) is 5.45. The van der Waals surface area contributed by atoms with Crippen LogP contribution >= 0.6 is 0 Å². The second kappa shape index (κ2) is 3.47. The largest absolute Gasteiger partial charge is 0.338 e. The summed E-state index contributed by atoms with van der Waals surface area (Å²) < 4.78 is 0. The zero-order chi connectivity index (χ0) is 11.6. The minimum atomic E-state index is 0.0969. The van der Waals surface area contributed by atoms with Gasteiger partial charge >= 0.3 is 0 Å². The Morgan fingerprint density at radius 1 is 1.00 bits per heavy atom. The summed E-state index contributed by atoms with van der Waals surface area (Å²) in [7, 11) is 0. The molecule has 0 radical (unpaired) electrons. The summed E-state index contributed by atoms with van der Waals surface area (Å²) in [6, 6.07) is 0.656. The normalized spacial score (nSPS) is 52.5. The first kappa shape index (κ1) is 10.4. The number of rotatable bonds is 1. The van der Waals surface area contributed by atoms with E-state index in [1.807, 2.05) is 0 Å². The van der Waals surface area contributed by atoms with Gasteiger partial charge in [-0.2, -0.15) is 0 Å². The Morgan fingerprint density at radius 2 is 1.59 bits per heavy atom. The van der Waals surface area contributed by atoms with E-state index in [1.165, 1.54) is 32.1 Å². The molecule has 1 unspecified atom stereocenters. The Hall–Kier alpha value is -0.570. The van der Waals surface area contributed by atoms with E-state index in [2.05, 4.69) is 4.90 Å². The third-order valence-corrected chi connectivity index (χ3v) is 5.73. The number of likely N-dealkylation sites (tertiary alicyclic amines) is 1. The van der Waals surface area contributed by atoms with Crippen LogP contribution in [0.2, 0.25) is 0 Å². The van der Waals surface area contributed by atoms with Crippen molar-refractivity contribution in [2.75, 3.05) is 6.54 Å². The number of nitrogens with zero attached hydrogens (tertiary/aromatic N) is 1. The maximum atomic E-state index is 12.1. The number of amides is 1. The molecule has 4 saturated carbocycles. The SMILES string of the molecule is NC1CC(=O)N(C2C3CC4CC(C3)CC2C4)C1. The van der Waals surface area contributed by atoms with Crippen LogP contribution in [0.15, 0.2) is 0 Å². The molecule has 3 heteroatoms. The molecule has 0 spiro atoms. The average Bonchev–Trinajstić information content (AvgIpc) is 2.56. The molecular formula is C14H22N2O. The van der Waals surface area contributed by atoms with Gasteiger partial charge < -0.3 is 10.6 Å². The molecule has 5 fully saturated rings. The first-order valence-electron chi connectivity index (χ1n) is 7.25. The summed E-state index contributed by atoms with van der Waals surface area (Å²) in [6.07, 6.45) is 7.61. The summed E-state index contributed by atoms with van der Waals surface area (Å²) in [5.74, 6) is 3.91. The van der Waals surface area contributed by atoms with Gasteiger partial charge in [0.1, 0.15) is 0 Å². The van der Waals surface area contributed by atoms with Gasteiger partial charge in [-0.3, -0.25) is 4.79 Å². The average molecular weight is 234 g/mol. The van der Waals surface area contributed by atoms with E-state index in [0.717, 1.165) is 30.2 Å². The van der Waals surface area contributed by atoms with Crippen molar-refractivity contribution in [1.82, 2.24) is 4.90 Å². The molecule has 0 aromatic carbocycles. The van der Waals surface area contributed by atoms with E-state index in [-0.39, 0.29) is 6.04 Å². The molecule has 3 nitrogen and oxygen atoms in total. The molecule has 17 heavy (non-hydrogen) atoms. The molecule has 2 N–H and O–H groups in total. The molecule has 1 aliphatic heterocycles. The smallest absolute Gasteiger partial charge is 0.224 e. The van der Waals surface area contributed by atoms with Crippen LogP contribution in [0, 0.1) is 23.7 Å². The van der Waals surface area contributed by atoms with Gasteiger partial charge in [-0.15, -0.1) is 0 Å². The predicted octanol–water partition coefficient (Wildman–Crippen LogP) is 1.37. The van der Waals surface area contributed by atoms with Gasteiger partial charge in [0.2, 0.25) is 5.91 Å². The van der Waals surface area contributed by atoms with E-state index in [0.29, 0.717) is 18.4 Å². The topological polar surface area (TPSA) is 46.3 Å². The Balaban J connectivity index is 1.60. The quantitative estimate of drug-likeness (QED) is 0.745. The highest BCUT2D eigenvalue weighted by Gasteiger charge is 2.52. The molecule has 4 bridgehead atoms. The zero-order valence-corrected chi connectivity index (χ0v) is 10.3. The molecule has 1 heterocycles. The predicted molar refractivity (Wildman–Crippen MR) is 65.1 cm³/mol. The van der Waals surface area contributed by atoms with Crippen molar-refractivity contribution < 1.29 is 4.79 Å². The summed E-state index contributed by atoms with van der Waals surface area (Å²) >= 11 is 0. The van der Waals surface area contributed by atoms with Gasteiger partial charge in [-0.25, -0.2) is 0 Å². The van der Waals surface area contributed by atoms with Gasteiger partial charge in [0, 0.05) is 25.0 Å². The Labute approximate surface area is 103 Å². The highest BCUT2D eigenvalue weighted by atomic mass is 16.2. The lowest BCUT2D eigenvalue weighted by atomic mass is 9.54. The number of hydrogen-bond acceptors (Lipinski definition) is 2. The number of carbonyl (C=O) groups excluding carboxylic acids is 1. The van der Waals surface area contributed by atoms with Crippen LogP contribution in [0.3, 0.4) is 0 Å². The second-order valence-electron chi connectivity index (χ2n) is 6.93. The van der Waals surface area contributed by atoms with Crippen molar-refractivity contribution in [3.8, 4) is 0 Å². The van der Waals surface area contributed by atoms with Crippen molar-refractivity contribution in [2.45, 2.75) is 50.6 Å². The highest BCUT2D eigenvalue weighted by Crippen LogP contribution is 2.55. The van der Waals surface area contributed by atoms with E-state index in [9.17, 15) is 4.79 Å². The van der Waals surface area contributed by atoms with Crippen LogP contribution < -0.4 is 5.73 Å². The van der Waals surface area contributed by atoms with Crippen molar-refractivity contribution in [1.29, 1.82) is 0 Å². The Morgan fingerprint density at radius 3 is 2.06 bits per heavy atom. The third-order valence-electron chi connectivity index (χ3n) is 5.73. The molecule has 1 saturated heterocycles. The molecule has 5 rings (SSSR count). The van der Waals surface area contributed by atoms with E-state index >= 15 is 0 Å². The van der Waals surface area contributed by atoms with Crippen LogP contribution in [0.4, 0.5) is 0 Å². The Kier molecular flexibility index (Phi) is 2.11. The first-order valence-corrected chi connectivity index (χ1v) is 7.25. The third kappa shape index (κ3) is 1.48. The maximum absolute atomic E-state index is 12.1. The minimum Gasteiger partial charge on any atom is -0.338 e. The zero-order valence-electron chi connectivity index (χ0n) is 10.3. The monoisotopic (exact) mass is 234 g/mol. The molecule has 4 aliphatic carbocycles. The molecule has 1 amide bonds.